The third kappa shape index (κ3) is 3.42. The smallest absolute Gasteiger partial charge is 0.313 e. The topological polar surface area (TPSA) is 62.7 Å². The lowest BCUT2D eigenvalue weighted by atomic mass is 9.87. The minimum atomic E-state index is -0.103. The van der Waals surface area contributed by atoms with Crippen molar-refractivity contribution < 1.29 is 0 Å². The van der Waals surface area contributed by atoms with Gasteiger partial charge in [0.05, 0.1) is 0 Å². The Morgan fingerprint density at radius 2 is 2.26 bits per heavy atom. The van der Waals surface area contributed by atoms with Crippen LogP contribution >= 0.6 is 11.8 Å². The highest BCUT2D eigenvalue weighted by molar-refractivity contribution is 7.99. The maximum absolute atomic E-state index is 11.6. The van der Waals surface area contributed by atoms with Gasteiger partial charge in [0, 0.05) is 17.8 Å². The molecule has 2 rings (SSSR count). The zero-order valence-corrected chi connectivity index (χ0v) is 12.8. The summed E-state index contributed by atoms with van der Waals surface area (Å²) in [6.45, 7) is 8.11. The van der Waals surface area contributed by atoms with Crippen molar-refractivity contribution in [2.75, 3.05) is 6.54 Å². The van der Waals surface area contributed by atoms with Crippen LogP contribution in [0.4, 0.5) is 0 Å². The van der Waals surface area contributed by atoms with Crippen LogP contribution in [0.5, 0.6) is 0 Å². The van der Waals surface area contributed by atoms with Gasteiger partial charge >= 0.3 is 5.69 Å². The van der Waals surface area contributed by atoms with Crippen molar-refractivity contribution in [3.05, 3.63) is 10.5 Å². The number of thioether (sulfide) groups is 1. The average Bonchev–Trinajstić information content (AvgIpc) is 2.73. The highest BCUT2D eigenvalue weighted by Gasteiger charge is 2.30. The Kier molecular flexibility index (Phi) is 5.10. The van der Waals surface area contributed by atoms with Gasteiger partial charge in [-0.3, -0.25) is 4.57 Å². The van der Waals surface area contributed by atoms with E-state index in [-0.39, 0.29) is 5.69 Å². The molecule has 1 fully saturated rings. The van der Waals surface area contributed by atoms with Crippen molar-refractivity contribution in [1.29, 1.82) is 0 Å². The molecule has 0 amide bonds. The van der Waals surface area contributed by atoms with Crippen LogP contribution in [0.15, 0.2) is 9.95 Å². The van der Waals surface area contributed by atoms with E-state index in [0.717, 1.165) is 17.6 Å². The second-order valence-corrected chi connectivity index (χ2v) is 6.50. The van der Waals surface area contributed by atoms with E-state index in [2.05, 4.69) is 29.4 Å². The number of rotatable bonds is 5. The molecule has 0 spiro atoms. The van der Waals surface area contributed by atoms with Crippen molar-refractivity contribution in [3.63, 3.8) is 0 Å². The van der Waals surface area contributed by atoms with Crippen LogP contribution in [0.1, 0.15) is 40.0 Å². The molecule has 0 bridgehead atoms. The van der Waals surface area contributed by atoms with Crippen LogP contribution < -0.4 is 11.0 Å². The van der Waals surface area contributed by atoms with E-state index < -0.39 is 0 Å². The number of nitrogens with zero attached hydrogens (tertiary/aromatic N) is 2. The van der Waals surface area contributed by atoms with Crippen LogP contribution in [0.3, 0.4) is 0 Å². The number of hydrogen-bond acceptors (Lipinski definition) is 4. The van der Waals surface area contributed by atoms with Crippen LogP contribution in [0, 0.1) is 5.92 Å². The third-order valence-corrected chi connectivity index (χ3v) is 5.16. The fourth-order valence-electron chi connectivity index (χ4n) is 2.76. The Morgan fingerprint density at radius 1 is 1.47 bits per heavy atom. The molecule has 19 heavy (non-hydrogen) atoms. The van der Waals surface area contributed by atoms with Gasteiger partial charge in [-0.15, -0.1) is 5.10 Å². The molecular formula is C13H24N4OS. The van der Waals surface area contributed by atoms with Crippen molar-refractivity contribution in [3.8, 4) is 0 Å². The molecule has 0 aromatic carbocycles. The Bertz CT molecular complexity index is 456. The largest absolute Gasteiger partial charge is 0.343 e. The SMILES string of the molecule is CCNC1CCC(C)CC1Sc1n[nH]c(=O)n1CC. The number of hydrogen-bond donors (Lipinski definition) is 2. The summed E-state index contributed by atoms with van der Waals surface area (Å²) in [6, 6.07) is 0.531. The van der Waals surface area contributed by atoms with Gasteiger partial charge in [0.15, 0.2) is 5.16 Å². The van der Waals surface area contributed by atoms with Gasteiger partial charge in [0.1, 0.15) is 0 Å². The Morgan fingerprint density at radius 3 is 2.95 bits per heavy atom. The summed E-state index contributed by atoms with van der Waals surface area (Å²) in [7, 11) is 0. The molecule has 108 valence electrons. The van der Waals surface area contributed by atoms with Gasteiger partial charge in [0.2, 0.25) is 0 Å². The summed E-state index contributed by atoms with van der Waals surface area (Å²) in [4.78, 5) is 11.6. The first-order chi connectivity index (χ1) is 9.15. The average molecular weight is 284 g/mol. The minimum Gasteiger partial charge on any atom is -0.313 e. The van der Waals surface area contributed by atoms with Gasteiger partial charge in [-0.2, -0.15) is 0 Å². The van der Waals surface area contributed by atoms with Gasteiger partial charge in [-0.1, -0.05) is 25.6 Å². The lowest BCUT2D eigenvalue weighted by Gasteiger charge is -2.34. The van der Waals surface area contributed by atoms with Crippen molar-refractivity contribution in [1.82, 2.24) is 20.1 Å². The summed E-state index contributed by atoms with van der Waals surface area (Å²) in [5, 5.41) is 11.6. The zero-order valence-electron chi connectivity index (χ0n) is 12.0. The minimum absolute atomic E-state index is 0.103. The molecule has 2 N–H and O–H groups in total. The molecule has 0 saturated heterocycles. The molecule has 1 saturated carbocycles. The second kappa shape index (κ2) is 6.61. The molecule has 1 aromatic rings. The summed E-state index contributed by atoms with van der Waals surface area (Å²) in [5.41, 5.74) is -0.103. The number of aromatic amines is 1. The van der Waals surface area contributed by atoms with E-state index in [1.54, 1.807) is 16.3 Å². The van der Waals surface area contributed by atoms with E-state index in [0.29, 0.717) is 17.8 Å². The molecule has 3 atom stereocenters. The van der Waals surface area contributed by atoms with Crippen molar-refractivity contribution in [2.24, 2.45) is 5.92 Å². The summed E-state index contributed by atoms with van der Waals surface area (Å²) < 4.78 is 1.72. The molecule has 6 heteroatoms. The second-order valence-electron chi connectivity index (χ2n) is 5.29. The van der Waals surface area contributed by atoms with E-state index in [9.17, 15) is 4.79 Å². The Balaban J connectivity index is 2.11. The van der Waals surface area contributed by atoms with Crippen molar-refractivity contribution in [2.45, 2.75) is 63.0 Å². The van der Waals surface area contributed by atoms with E-state index >= 15 is 0 Å². The number of nitrogens with one attached hydrogen (secondary N) is 2. The monoisotopic (exact) mass is 284 g/mol. The van der Waals surface area contributed by atoms with Crippen LogP contribution in [-0.4, -0.2) is 32.6 Å². The molecule has 1 aromatic heterocycles. The van der Waals surface area contributed by atoms with Gasteiger partial charge in [0.25, 0.3) is 0 Å². The predicted octanol–water partition coefficient (Wildman–Crippen LogP) is 1.85. The number of aromatic nitrogens is 3. The molecule has 0 aliphatic heterocycles. The normalized spacial score (nSPS) is 27.6. The van der Waals surface area contributed by atoms with Crippen LogP contribution in [0.2, 0.25) is 0 Å². The highest BCUT2D eigenvalue weighted by Crippen LogP contribution is 2.35. The lowest BCUT2D eigenvalue weighted by Crippen LogP contribution is -2.42. The highest BCUT2D eigenvalue weighted by atomic mass is 32.2. The van der Waals surface area contributed by atoms with E-state index in [4.69, 9.17) is 0 Å². The fraction of sp³-hybridized carbons (Fsp3) is 0.846. The molecule has 3 unspecified atom stereocenters. The standard InChI is InChI=1S/C13H24N4OS/c1-4-14-10-7-6-9(3)8-11(10)19-13-16-15-12(18)17(13)5-2/h9-11,14H,4-8H2,1-3H3,(H,15,18). The van der Waals surface area contributed by atoms with Gasteiger partial charge < -0.3 is 5.32 Å². The summed E-state index contributed by atoms with van der Waals surface area (Å²) in [6.07, 6.45) is 3.69. The van der Waals surface area contributed by atoms with Crippen LogP contribution in [-0.2, 0) is 6.54 Å². The zero-order chi connectivity index (χ0) is 13.8. The Hall–Kier alpha value is -0.750. The molecule has 1 heterocycles. The van der Waals surface area contributed by atoms with Crippen LogP contribution in [0.25, 0.3) is 0 Å². The lowest BCUT2D eigenvalue weighted by molar-refractivity contribution is 0.320. The molecule has 0 radical (unpaired) electrons. The molecule has 1 aliphatic carbocycles. The summed E-state index contributed by atoms with van der Waals surface area (Å²) in [5.74, 6) is 0.758. The Labute approximate surface area is 118 Å². The van der Waals surface area contributed by atoms with E-state index in [1.807, 2.05) is 6.92 Å². The maximum Gasteiger partial charge on any atom is 0.343 e. The molecule has 1 aliphatic rings. The molecular weight excluding hydrogens is 260 g/mol. The van der Waals surface area contributed by atoms with Gasteiger partial charge in [-0.05, 0) is 38.6 Å². The third-order valence-electron chi connectivity index (χ3n) is 3.82. The quantitative estimate of drug-likeness (QED) is 0.866. The first-order valence-electron chi connectivity index (χ1n) is 7.20. The molecule has 5 nitrogen and oxygen atoms in total. The maximum atomic E-state index is 11.6. The van der Waals surface area contributed by atoms with E-state index in [1.165, 1.54) is 19.3 Å². The first-order valence-corrected chi connectivity index (χ1v) is 8.08. The van der Waals surface area contributed by atoms with Gasteiger partial charge in [-0.25, -0.2) is 9.89 Å². The number of H-pyrrole nitrogens is 1. The summed E-state index contributed by atoms with van der Waals surface area (Å²) >= 11 is 1.75. The fourth-order valence-corrected chi connectivity index (χ4v) is 4.29. The first kappa shape index (κ1) is 14.7. The van der Waals surface area contributed by atoms with Crippen molar-refractivity contribution >= 4 is 11.8 Å². The predicted molar refractivity (Wildman–Crippen MR) is 78.6 cm³/mol.